The molecule has 5 rings (SSSR count). The molecule has 0 bridgehead atoms. The number of amides is 4. The van der Waals surface area contributed by atoms with Crippen LogP contribution in [0.2, 0.25) is 0 Å². The van der Waals surface area contributed by atoms with Gasteiger partial charge in [0.2, 0.25) is 11.8 Å². The lowest BCUT2D eigenvalue weighted by atomic mass is 9.95. The van der Waals surface area contributed by atoms with Crippen LogP contribution in [0.1, 0.15) is 62.3 Å². The topological polar surface area (TPSA) is 142 Å². The van der Waals surface area contributed by atoms with Crippen LogP contribution in [0.5, 0.6) is 0 Å². The first-order chi connectivity index (χ1) is 23.7. The SMILES string of the molecule is CC(C)(C)C(=O)Nc1cccc(C(=O)Nc2ccc(-c3cnc(-c4ccc(NC(=O)c5cccc(NC(=O)C(C)(C)C)c5)cc4)nc3)cc2)c1. The average Bonchev–Trinajstić information content (AvgIpc) is 3.08. The maximum absolute atomic E-state index is 12.9. The van der Waals surface area contributed by atoms with Crippen molar-refractivity contribution in [1.29, 1.82) is 0 Å². The van der Waals surface area contributed by atoms with E-state index in [0.717, 1.165) is 16.7 Å². The van der Waals surface area contributed by atoms with Gasteiger partial charge in [0.25, 0.3) is 11.8 Å². The second kappa shape index (κ2) is 14.5. The van der Waals surface area contributed by atoms with E-state index in [1.807, 2.05) is 65.8 Å². The molecule has 254 valence electrons. The molecule has 4 N–H and O–H groups in total. The zero-order valence-corrected chi connectivity index (χ0v) is 28.9. The van der Waals surface area contributed by atoms with Crippen LogP contribution in [0.25, 0.3) is 22.5 Å². The van der Waals surface area contributed by atoms with Gasteiger partial charge in [-0.05, 0) is 78.4 Å². The van der Waals surface area contributed by atoms with E-state index >= 15 is 0 Å². The minimum absolute atomic E-state index is 0.134. The molecule has 0 aliphatic heterocycles. The van der Waals surface area contributed by atoms with Crippen molar-refractivity contribution >= 4 is 46.4 Å². The summed E-state index contributed by atoms with van der Waals surface area (Å²) < 4.78 is 0. The van der Waals surface area contributed by atoms with Crippen molar-refractivity contribution < 1.29 is 19.2 Å². The molecule has 4 aromatic carbocycles. The van der Waals surface area contributed by atoms with Crippen molar-refractivity contribution in [1.82, 2.24) is 9.97 Å². The molecular weight excluding hydrogens is 628 g/mol. The van der Waals surface area contributed by atoms with E-state index in [1.165, 1.54) is 0 Å². The molecule has 5 aromatic rings. The Balaban J connectivity index is 1.17. The van der Waals surface area contributed by atoms with Gasteiger partial charge in [-0.3, -0.25) is 19.2 Å². The highest BCUT2D eigenvalue weighted by atomic mass is 16.2. The Bertz CT molecular complexity index is 1880. The third kappa shape index (κ3) is 9.04. The smallest absolute Gasteiger partial charge is 0.255 e. The number of benzene rings is 4. The Morgan fingerprint density at radius 3 is 1.26 bits per heavy atom. The molecule has 0 atom stereocenters. The van der Waals surface area contributed by atoms with E-state index < -0.39 is 10.8 Å². The monoisotopic (exact) mass is 668 g/mol. The zero-order valence-electron chi connectivity index (χ0n) is 28.9. The number of hydrogen-bond acceptors (Lipinski definition) is 6. The summed E-state index contributed by atoms with van der Waals surface area (Å²) in [7, 11) is 0. The van der Waals surface area contributed by atoms with Gasteiger partial charge in [-0.1, -0.05) is 65.8 Å². The second-order valence-electron chi connectivity index (χ2n) is 13.9. The number of hydrogen-bond donors (Lipinski definition) is 4. The van der Waals surface area contributed by atoms with E-state index in [2.05, 4.69) is 31.2 Å². The lowest BCUT2D eigenvalue weighted by Crippen LogP contribution is -2.27. The fourth-order valence-corrected chi connectivity index (χ4v) is 4.59. The van der Waals surface area contributed by atoms with Crippen LogP contribution in [-0.4, -0.2) is 33.6 Å². The van der Waals surface area contributed by atoms with E-state index in [-0.39, 0.29) is 23.6 Å². The molecule has 0 aliphatic rings. The number of carbonyl (C=O) groups is 4. The summed E-state index contributed by atoms with van der Waals surface area (Å²) in [6.45, 7) is 11.0. The van der Waals surface area contributed by atoms with Crippen LogP contribution in [0, 0.1) is 10.8 Å². The maximum Gasteiger partial charge on any atom is 0.255 e. The highest BCUT2D eigenvalue weighted by molar-refractivity contribution is 6.06. The van der Waals surface area contributed by atoms with E-state index in [4.69, 9.17) is 0 Å². The molecule has 0 fully saturated rings. The number of anilines is 4. The standard InChI is InChI=1S/C40H40N6O4/c1-39(2,3)37(49)45-32-11-7-9-27(21-32)35(47)43-30-17-13-25(14-18-30)29-23-41-34(42-24-29)26-15-19-31(20-16-26)44-36(48)28-10-8-12-33(22-28)46-38(50)40(4,5)6/h7-24H,1-6H3,(H,43,47)(H,44,48)(H,45,49)(H,46,50). The lowest BCUT2D eigenvalue weighted by molar-refractivity contribution is -0.123. The van der Waals surface area contributed by atoms with Crippen molar-refractivity contribution in [3.05, 3.63) is 121 Å². The number of nitrogens with one attached hydrogen (secondary N) is 4. The van der Waals surface area contributed by atoms with Crippen molar-refractivity contribution in [2.24, 2.45) is 10.8 Å². The molecule has 0 aliphatic carbocycles. The quantitative estimate of drug-likeness (QED) is 0.131. The van der Waals surface area contributed by atoms with Crippen molar-refractivity contribution in [2.75, 3.05) is 21.3 Å². The van der Waals surface area contributed by atoms with E-state index in [9.17, 15) is 19.2 Å². The molecule has 0 unspecified atom stereocenters. The van der Waals surface area contributed by atoms with Crippen molar-refractivity contribution in [2.45, 2.75) is 41.5 Å². The molecule has 10 nitrogen and oxygen atoms in total. The zero-order chi connectivity index (χ0) is 36.1. The number of rotatable bonds is 8. The van der Waals surface area contributed by atoms with Gasteiger partial charge in [0, 0.05) is 68.2 Å². The predicted molar refractivity (Wildman–Crippen MR) is 198 cm³/mol. The van der Waals surface area contributed by atoms with Gasteiger partial charge in [0.1, 0.15) is 0 Å². The Labute approximate surface area is 291 Å². The molecule has 0 saturated heterocycles. The van der Waals surface area contributed by atoms with Crippen LogP contribution in [0.3, 0.4) is 0 Å². The number of nitrogens with zero attached hydrogens (tertiary/aromatic N) is 2. The summed E-state index contributed by atoms with van der Waals surface area (Å²) in [5.41, 5.74) is 4.53. The molecule has 1 heterocycles. The van der Waals surface area contributed by atoms with Gasteiger partial charge in [0.05, 0.1) is 0 Å². The number of aromatic nitrogens is 2. The Kier molecular flexibility index (Phi) is 10.2. The first kappa shape index (κ1) is 35.2. The van der Waals surface area contributed by atoms with E-state index in [0.29, 0.717) is 39.7 Å². The first-order valence-corrected chi connectivity index (χ1v) is 16.1. The fourth-order valence-electron chi connectivity index (χ4n) is 4.59. The highest BCUT2D eigenvalue weighted by Gasteiger charge is 2.22. The maximum atomic E-state index is 12.9. The van der Waals surface area contributed by atoms with Crippen LogP contribution in [-0.2, 0) is 9.59 Å². The summed E-state index contributed by atoms with van der Waals surface area (Å²) in [6.07, 6.45) is 3.46. The molecule has 4 amide bonds. The Morgan fingerprint density at radius 1 is 0.460 bits per heavy atom. The fraction of sp³-hybridized carbons (Fsp3) is 0.200. The summed E-state index contributed by atoms with van der Waals surface area (Å²) >= 11 is 0. The average molecular weight is 669 g/mol. The molecule has 50 heavy (non-hydrogen) atoms. The van der Waals surface area contributed by atoms with Crippen LogP contribution in [0.4, 0.5) is 22.7 Å². The minimum Gasteiger partial charge on any atom is -0.326 e. The van der Waals surface area contributed by atoms with Gasteiger partial charge in [-0.15, -0.1) is 0 Å². The Morgan fingerprint density at radius 2 is 0.860 bits per heavy atom. The molecule has 0 saturated carbocycles. The van der Waals surface area contributed by atoms with Crippen LogP contribution in [0.15, 0.2) is 109 Å². The molecule has 10 heteroatoms. The Hall–Kier alpha value is -6.16. The summed E-state index contributed by atoms with van der Waals surface area (Å²) in [6, 6.07) is 28.2. The minimum atomic E-state index is -0.555. The predicted octanol–water partition coefficient (Wildman–Crippen LogP) is 8.28. The van der Waals surface area contributed by atoms with Gasteiger partial charge in [-0.2, -0.15) is 0 Å². The molecule has 1 aromatic heterocycles. The van der Waals surface area contributed by atoms with Gasteiger partial charge in [0.15, 0.2) is 5.82 Å². The number of carbonyl (C=O) groups excluding carboxylic acids is 4. The normalized spacial score (nSPS) is 11.3. The molecular formula is C40H40N6O4. The first-order valence-electron chi connectivity index (χ1n) is 16.1. The lowest BCUT2D eigenvalue weighted by Gasteiger charge is -2.18. The summed E-state index contributed by atoms with van der Waals surface area (Å²) in [5.74, 6) is -0.335. The van der Waals surface area contributed by atoms with Crippen molar-refractivity contribution in [3.63, 3.8) is 0 Å². The van der Waals surface area contributed by atoms with Gasteiger partial charge >= 0.3 is 0 Å². The van der Waals surface area contributed by atoms with Crippen LogP contribution >= 0.6 is 0 Å². The highest BCUT2D eigenvalue weighted by Crippen LogP contribution is 2.25. The third-order valence-corrected chi connectivity index (χ3v) is 7.66. The van der Waals surface area contributed by atoms with Gasteiger partial charge < -0.3 is 21.3 Å². The van der Waals surface area contributed by atoms with Crippen molar-refractivity contribution in [3.8, 4) is 22.5 Å². The third-order valence-electron chi connectivity index (χ3n) is 7.66. The summed E-state index contributed by atoms with van der Waals surface area (Å²) in [4.78, 5) is 59.6. The molecule has 0 radical (unpaired) electrons. The summed E-state index contributed by atoms with van der Waals surface area (Å²) in [5, 5.41) is 11.5. The second-order valence-corrected chi connectivity index (χ2v) is 13.9. The van der Waals surface area contributed by atoms with E-state index in [1.54, 1.807) is 85.2 Å². The largest absolute Gasteiger partial charge is 0.326 e. The van der Waals surface area contributed by atoms with Crippen LogP contribution < -0.4 is 21.3 Å². The molecule has 0 spiro atoms. The van der Waals surface area contributed by atoms with Gasteiger partial charge in [-0.25, -0.2) is 9.97 Å².